The molecule has 0 atom stereocenters. The number of pyridine rings is 3. The molecule has 25 heavy (non-hydrogen) atoms. The van der Waals surface area contributed by atoms with E-state index in [9.17, 15) is 18.0 Å². The van der Waals surface area contributed by atoms with Gasteiger partial charge in [0.2, 0.25) is 0 Å². The van der Waals surface area contributed by atoms with E-state index in [1.54, 1.807) is 23.7 Å². The summed E-state index contributed by atoms with van der Waals surface area (Å²) < 4.78 is 42.0. The van der Waals surface area contributed by atoms with E-state index in [0.29, 0.717) is 16.6 Å². The Hall–Kier alpha value is -3.23. The molecule has 0 saturated heterocycles. The summed E-state index contributed by atoms with van der Waals surface area (Å²) in [4.78, 5) is 24.6. The van der Waals surface area contributed by atoms with Crippen LogP contribution in [0.1, 0.15) is 5.69 Å². The maximum absolute atomic E-state index is 13.1. The van der Waals surface area contributed by atoms with Crippen LogP contribution in [-0.4, -0.2) is 24.1 Å². The summed E-state index contributed by atoms with van der Waals surface area (Å²) in [5, 5.41) is 0.395. The number of imidazole rings is 1. The van der Waals surface area contributed by atoms with Crippen molar-refractivity contribution in [2.75, 3.05) is 0 Å². The minimum atomic E-state index is -4.62. The van der Waals surface area contributed by atoms with Crippen LogP contribution < -0.4 is 5.56 Å². The Morgan fingerprint density at radius 2 is 1.96 bits per heavy atom. The summed E-state index contributed by atoms with van der Waals surface area (Å²) in [6.07, 6.45) is -0.287. The third-order valence-electron chi connectivity index (χ3n) is 3.88. The SMILES string of the molecule is Cn1cnc2c(=O)n(-c3cccnc3)c3nc(C(F)(F)F)ccc3c21. The molecule has 0 saturated carbocycles. The van der Waals surface area contributed by atoms with Crippen LogP contribution in [0.5, 0.6) is 0 Å². The topological polar surface area (TPSA) is 65.6 Å². The summed E-state index contributed by atoms with van der Waals surface area (Å²) in [5.74, 6) is 0. The van der Waals surface area contributed by atoms with Crippen LogP contribution in [0, 0.1) is 0 Å². The van der Waals surface area contributed by atoms with Crippen LogP contribution >= 0.6 is 0 Å². The average molecular weight is 345 g/mol. The number of nitrogens with zero attached hydrogens (tertiary/aromatic N) is 5. The Kier molecular flexibility index (Phi) is 3.14. The van der Waals surface area contributed by atoms with Crippen molar-refractivity contribution in [3.05, 3.63) is 59.0 Å². The zero-order valence-electron chi connectivity index (χ0n) is 12.8. The first-order chi connectivity index (χ1) is 11.9. The van der Waals surface area contributed by atoms with E-state index in [-0.39, 0.29) is 11.2 Å². The molecule has 126 valence electrons. The molecule has 6 nitrogen and oxygen atoms in total. The second-order valence-electron chi connectivity index (χ2n) is 5.47. The Morgan fingerprint density at radius 1 is 1.16 bits per heavy atom. The Balaban J connectivity index is 2.24. The van der Waals surface area contributed by atoms with Gasteiger partial charge in [0, 0.05) is 18.6 Å². The van der Waals surface area contributed by atoms with E-state index >= 15 is 0 Å². The van der Waals surface area contributed by atoms with Crippen molar-refractivity contribution in [2.45, 2.75) is 6.18 Å². The van der Waals surface area contributed by atoms with Gasteiger partial charge in [-0.1, -0.05) is 0 Å². The lowest BCUT2D eigenvalue weighted by Gasteiger charge is -2.13. The van der Waals surface area contributed by atoms with Gasteiger partial charge in [0.05, 0.1) is 23.7 Å². The lowest BCUT2D eigenvalue weighted by Crippen LogP contribution is -2.21. The highest BCUT2D eigenvalue weighted by Crippen LogP contribution is 2.30. The highest BCUT2D eigenvalue weighted by Gasteiger charge is 2.33. The van der Waals surface area contributed by atoms with E-state index < -0.39 is 17.4 Å². The predicted octanol–water partition coefficient (Wildman–Crippen LogP) is 2.69. The molecule has 0 aliphatic heterocycles. The van der Waals surface area contributed by atoms with Crippen molar-refractivity contribution in [2.24, 2.45) is 7.05 Å². The van der Waals surface area contributed by atoms with Crippen molar-refractivity contribution in [3.8, 4) is 5.69 Å². The lowest BCUT2D eigenvalue weighted by molar-refractivity contribution is -0.141. The molecule has 4 heterocycles. The first kappa shape index (κ1) is 15.3. The van der Waals surface area contributed by atoms with Crippen LogP contribution in [0.15, 0.2) is 47.8 Å². The van der Waals surface area contributed by atoms with E-state index in [4.69, 9.17) is 0 Å². The van der Waals surface area contributed by atoms with E-state index in [1.807, 2.05) is 0 Å². The first-order valence-electron chi connectivity index (χ1n) is 7.22. The third-order valence-corrected chi connectivity index (χ3v) is 3.88. The smallest absolute Gasteiger partial charge is 0.333 e. The van der Waals surface area contributed by atoms with Crippen molar-refractivity contribution >= 4 is 22.1 Å². The Bertz CT molecular complexity index is 1160. The third kappa shape index (κ3) is 2.27. The number of aryl methyl sites for hydroxylation is 1. The number of aromatic nitrogens is 5. The first-order valence-corrected chi connectivity index (χ1v) is 7.22. The normalized spacial score (nSPS) is 12.2. The second kappa shape index (κ2) is 5.13. The standard InChI is InChI=1S/C16H10F3N5O/c1-23-8-21-12-13(23)10-4-5-11(16(17,18)19)22-14(10)24(15(12)25)9-3-2-6-20-7-9/h2-8H,1H3. The molecule has 0 aromatic carbocycles. The number of hydrogen-bond donors (Lipinski definition) is 0. The molecule has 0 aliphatic carbocycles. The van der Waals surface area contributed by atoms with Gasteiger partial charge in [0.1, 0.15) is 11.3 Å². The summed E-state index contributed by atoms with van der Waals surface area (Å²) in [7, 11) is 1.67. The number of alkyl halides is 3. The number of rotatable bonds is 1. The second-order valence-corrected chi connectivity index (χ2v) is 5.47. The van der Waals surface area contributed by atoms with E-state index in [0.717, 1.165) is 10.6 Å². The van der Waals surface area contributed by atoms with Gasteiger partial charge in [-0.25, -0.2) is 9.97 Å². The minimum absolute atomic E-state index is 0.0936. The van der Waals surface area contributed by atoms with E-state index in [1.165, 1.54) is 24.8 Å². The summed E-state index contributed by atoms with van der Waals surface area (Å²) in [6.45, 7) is 0. The Labute approximate surface area is 138 Å². The summed E-state index contributed by atoms with van der Waals surface area (Å²) >= 11 is 0. The summed E-state index contributed by atoms with van der Waals surface area (Å²) in [5.41, 5.74) is -0.816. The molecule has 4 aromatic heterocycles. The van der Waals surface area contributed by atoms with Crippen LogP contribution in [0.25, 0.3) is 27.8 Å². The molecule has 9 heteroatoms. The zero-order valence-corrected chi connectivity index (χ0v) is 12.8. The molecular weight excluding hydrogens is 335 g/mol. The maximum Gasteiger partial charge on any atom is 0.433 e. The highest BCUT2D eigenvalue weighted by molar-refractivity contribution is 6.01. The maximum atomic E-state index is 13.1. The van der Waals surface area contributed by atoms with Gasteiger partial charge < -0.3 is 4.57 Å². The molecule has 0 aliphatic rings. The van der Waals surface area contributed by atoms with Crippen LogP contribution in [0.4, 0.5) is 13.2 Å². The number of hydrogen-bond acceptors (Lipinski definition) is 4. The van der Waals surface area contributed by atoms with Crippen molar-refractivity contribution in [1.82, 2.24) is 24.1 Å². The lowest BCUT2D eigenvalue weighted by atomic mass is 10.2. The van der Waals surface area contributed by atoms with Crippen LogP contribution in [0.2, 0.25) is 0 Å². The molecule has 0 unspecified atom stereocenters. The minimum Gasteiger partial charge on any atom is -0.333 e. The zero-order chi connectivity index (χ0) is 17.8. The number of halogens is 3. The quantitative estimate of drug-likeness (QED) is 0.532. The van der Waals surface area contributed by atoms with Crippen molar-refractivity contribution in [1.29, 1.82) is 0 Å². The van der Waals surface area contributed by atoms with Crippen molar-refractivity contribution < 1.29 is 13.2 Å². The van der Waals surface area contributed by atoms with Crippen molar-refractivity contribution in [3.63, 3.8) is 0 Å². The molecular formula is C16H10F3N5O. The molecule has 0 amide bonds. The molecule has 4 rings (SSSR count). The van der Waals surface area contributed by atoms with Gasteiger partial charge >= 0.3 is 6.18 Å². The van der Waals surface area contributed by atoms with Gasteiger partial charge in [-0.2, -0.15) is 13.2 Å². The molecule has 4 aromatic rings. The molecule has 0 bridgehead atoms. The highest BCUT2D eigenvalue weighted by atomic mass is 19.4. The number of fused-ring (bicyclic) bond motifs is 3. The monoisotopic (exact) mass is 345 g/mol. The molecule has 0 N–H and O–H groups in total. The van der Waals surface area contributed by atoms with Gasteiger partial charge in [-0.15, -0.1) is 0 Å². The van der Waals surface area contributed by atoms with Gasteiger partial charge in [0.15, 0.2) is 5.52 Å². The molecule has 0 radical (unpaired) electrons. The fourth-order valence-electron chi connectivity index (χ4n) is 2.79. The fraction of sp³-hybridized carbons (Fsp3) is 0.125. The van der Waals surface area contributed by atoms with Crippen LogP contribution in [0.3, 0.4) is 0 Å². The average Bonchev–Trinajstić information content (AvgIpc) is 2.97. The van der Waals surface area contributed by atoms with E-state index in [2.05, 4.69) is 15.0 Å². The van der Waals surface area contributed by atoms with Gasteiger partial charge in [-0.3, -0.25) is 14.3 Å². The fourth-order valence-corrected chi connectivity index (χ4v) is 2.79. The Morgan fingerprint density at radius 3 is 2.64 bits per heavy atom. The molecule has 0 spiro atoms. The summed E-state index contributed by atoms with van der Waals surface area (Å²) in [6, 6.07) is 5.36. The van der Waals surface area contributed by atoms with Gasteiger partial charge in [-0.05, 0) is 24.3 Å². The molecule has 0 fully saturated rings. The van der Waals surface area contributed by atoms with Gasteiger partial charge in [0.25, 0.3) is 5.56 Å². The largest absolute Gasteiger partial charge is 0.433 e. The predicted molar refractivity (Wildman–Crippen MR) is 84.4 cm³/mol. The van der Waals surface area contributed by atoms with Crippen LogP contribution in [-0.2, 0) is 13.2 Å².